The van der Waals surface area contributed by atoms with Gasteiger partial charge in [-0.1, -0.05) is 42.5 Å². The molecule has 3 nitrogen and oxygen atoms in total. The minimum atomic E-state index is -1.24. The standard InChI is InChI=1S/C16H16FNO2/c1-18(10-12-6-3-2-4-7-12)11-13-8-5-9-14(15(13)17)16(19)20/h2-9H,10-11H2,1H3,(H,19,20). The van der Waals surface area contributed by atoms with Gasteiger partial charge in [-0.25, -0.2) is 9.18 Å². The first kappa shape index (κ1) is 14.2. The van der Waals surface area contributed by atoms with Gasteiger partial charge in [0.05, 0.1) is 5.56 Å². The van der Waals surface area contributed by atoms with Gasteiger partial charge in [-0.15, -0.1) is 0 Å². The highest BCUT2D eigenvalue weighted by molar-refractivity contribution is 5.88. The summed E-state index contributed by atoms with van der Waals surface area (Å²) in [4.78, 5) is 12.8. The Bertz CT molecular complexity index is 599. The normalized spacial score (nSPS) is 10.8. The molecule has 2 rings (SSSR count). The van der Waals surface area contributed by atoms with Crippen LogP contribution in [0.2, 0.25) is 0 Å². The molecular formula is C16H16FNO2. The molecule has 0 amide bonds. The van der Waals surface area contributed by atoms with Crippen LogP contribution in [0, 0.1) is 5.82 Å². The van der Waals surface area contributed by atoms with Crippen LogP contribution in [0.5, 0.6) is 0 Å². The molecule has 1 N–H and O–H groups in total. The number of hydrogen-bond acceptors (Lipinski definition) is 2. The van der Waals surface area contributed by atoms with Gasteiger partial charge in [0.15, 0.2) is 0 Å². The number of rotatable bonds is 5. The molecular weight excluding hydrogens is 257 g/mol. The van der Waals surface area contributed by atoms with Crippen molar-refractivity contribution in [2.45, 2.75) is 13.1 Å². The molecule has 0 saturated heterocycles. The fourth-order valence-electron chi connectivity index (χ4n) is 2.11. The van der Waals surface area contributed by atoms with Gasteiger partial charge in [0, 0.05) is 18.7 Å². The van der Waals surface area contributed by atoms with Crippen molar-refractivity contribution in [3.8, 4) is 0 Å². The van der Waals surface area contributed by atoms with E-state index in [0.717, 1.165) is 5.56 Å². The van der Waals surface area contributed by atoms with E-state index in [1.165, 1.54) is 6.07 Å². The van der Waals surface area contributed by atoms with Crippen LogP contribution in [0.3, 0.4) is 0 Å². The van der Waals surface area contributed by atoms with Crippen molar-refractivity contribution in [1.29, 1.82) is 0 Å². The van der Waals surface area contributed by atoms with Gasteiger partial charge in [0.1, 0.15) is 5.82 Å². The van der Waals surface area contributed by atoms with Gasteiger partial charge >= 0.3 is 5.97 Å². The third-order valence-electron chi connectivity index (χ3n) is 3.04. The second-order valence-corrected chi connectivity index (χ2v) is 4.74. The summed E-state index contributed by atoms with van der Waals surface area (Å²) < 4.78 is 14.0. The number of carboxylic acid groups (broad SMARTS) is 1. The molecule has 0 aliphatic carbocycles. The number of hydrogen-bond donors (Lipinski definition) is 1. The number of carboxylic acids is 1. The van der Waals surface area contributed by atoms with Gasteiger partial charge in [-0.05, 0) is 18.7 Å². The minimum absolute atomic E-state index is 0.282. The van der Waals surface area contributed by atoms with Gasteiger partial charge in [0.25, 0.3) is 0 Å². The molecule has 0 aromatic heterocycles. The molecule has 2 aromatic rings. The Hall–Kier alpha value is -2.20. The van der Waals surface area contributed by atoms with E-state index in [9.17, 15) is 9.18 Å². The molecule has 0 aliphatic rings. The van der Waals surface area contributed by atoms with Crippen molar-refractivity contribution in [3.05, 3.63) is 71.0 Å². The maximum absolute atomic E-state index is 14.0. The Morgan fingerprint density at radius 1 is 1.10 bits per heavy atom. The Morgan fingerprint density at radius 3 is 2.45 bits per heavy atom. The lowest BCUT2D eigenvalue weighted by Crippen LogP contribution is -2.18. The topological polar surface area (TPSA) is 40.5 Å². The van der Waals surface area contributed by atoms with Crippen LogP contribution in [0.4, 0.5) is 4.39 Å². The van der Waals surface area contributed by atoms with Crippen LogP contribution >= 0.6 is 0 Å². The molecule has 0 heterocycles. The molecule has 0 saturated carbocycles. The first-order valence-electron chi connectivity index (χ1n) is 6.31. The average molecular weight is 273 g/mol. The van der Waals surface area contributed by atoms with Crippen molar-refractivity contribution >= 4 is 5.97 Å². The molecule has 0 fully saturated rings. The van der Waals surface area contributed by atoms with Crippen molar-refractivity contribution < 1.29 is 14.3 Å². The number of halogens is 1. The van der Waals surface area contributed by atoms with Gasteiger partial charge in [-0.2, -0.15) is 0 Å². The Morgan fingerprint density at radius 2 is 1.80 bits per heavy atom. The summed E-state index contributed by atoms with van der Waals surface area (Å²) in [6.07, 6.45) is 0. The maximum atomic E-state index is 14.0. The van der Waals surface area contributed by atoms with E-state index in [-0.39, 0.29) is 5.56 Å². The summed E-state index contributed by atoms with van der Waals surface area (Å²) in [5.41, 5.74) is 1.24. The molecule has 0 bridgehead atoms. The molecule has 20 heavy (non-hydrogen) atoms. The van der Waals surface area contributed by atoms with E-state index in [1.54, 1.807) is 12.1 Å². The Kier molecular flexibility index (Phi) is 4.48. The Labute approximate surface area is 117 Å². The van der Waals surface area contributed by atoms with E-state index in [0.29, 0.717) is 18.7 Å². The molecule has 4 heteroatoms. The third-order valence-corrected chi connectivity index (χ3v) is 3.04. The SMILES string of the molecule is CN(Cc1ccccc1)Cc1cccc(C(=O)O)c1F. The van der Waals surface area contributed by atoms with Gasteiger partial charge in [0.2, 0.25) is 0 Å². The van der Waals surface area contributed by atoms with E-state index in [4.69, 9.17) is 5.11 Å². The van der Waals surface area contributed by atoms with Crippen LogP contribution in [0.1, 0.15) is 21.5 Å². The van der Waals surface area contributed by atoms with Crippen molar-refractivity contribution in [2.24, 2.45) is 0 Å². The molecule has 0 aliphatic heterocycles. The van der Waals surface area contributed by atoms with Crippen LogP contribution < -0.4 is 0 Å². The van der Waals surface area contributed by atoms with E-state index in [2.05, 4.69) is 0 Å². The van der Waals surface area contributed by atoms with Crippen molar-refractivity contribution in [3.63, 3.8) is 0 Å². The van der Waals surface area contributed by atoms with E-state index in [1.807, 2.05) is 42.3 Å². The Balaban J connectivity index is 2.10. The zero-order chi connectivity index (χ0) is 14.5. The maximum Gasteiger partial charge on any atom is 0.338 e. The first-order valence-corrected chi connectivity index (χ1v) is 6.31. The van der Waals surface area contributed by atoms with Gasteiger partial charge in [-0.3, -0.25) is 4.90 Å². The average Bonchev–Trinajstić information content (AvgIpc) is 2.42. The quantitative estimate of drug-likeness (QED) is 0.909. The zero-order valence-electron chi connectivity index (χ0n) is 11.2. The van der Waals surface area contributed by atoms with E-state index >= 15 is 0 Å². The summed E-state index contributed by atoms with van der Waals surface area (Å²) in [5, 5.41) is 8.91. The second-order valence-electron chi connectivity index (χ2n) is 4.74. The fraction of sp³-hybridized carbons (Fsp3) is 0.188. The highest BCUT2D eigenvalue weighted by Crippen LogP contribution is 2.15. The molecule has 2 aromatic carbocycles. The molecule has 0 atom stereocenters. The van der Waals surface area contributed by atoms with Gasteiger partial charge < -0.3 is 5.11 Å². The number of aromatic carboxylic acids is 1. The predicted molar refractivity (Wildman–Crippen MR) is 75.0 cm³/mol. The number of benzene rings is 2. The first-order chi connectivity index (χ1) is 9.58. The summed E-state index contributed by atoms with van der Waals surface area (Å²) in [7, 11) is 1.87. The summed E-state index contributed by atoms with van der Waals surface area (Å²) >= 11 is 0. The van der Waals surface area contributed by atoms with Crippen molar-refractivity contribution in [2.75, 3.05) is 7.05 Å². The van der Waals surface area contributed by atoms with Crippen molar-refractivity contribution in [1.82, 2.24) is 4.90 Å². The molecule has 104 valence electrons. The molecule has 0 radical (unpaired) electrons. The predicted octanol–water partition coefficient (Wildman–Crippen LogP) is 3.16. The minimum Gasteiger partial charge on any atom is -0.478 e. The van der Waals surface area contributed by atoms with E-state index < -0.39 is 11.8 Å². The van der Waals surface area contributed by atoms with Crippen LogP contribution in [0.25, 0.3) is 0 Å². The monoisotopic (exact) mass is 273 g/mol. The lowest BCUT2D eigenvalue weighted by Gasteiger charge is -2.17. The fourth-order valence-corrected chi connectivity index (χ4v) is 2.11. The molecule has 0 spiro atoms. The second kappa shape index (κ2) is 6.30. The summed E-state index contributed by atoms with van der Waals surface area (Å²) in [6.45, 7) is 1.04. The molecule has 0 unspecified atom stereocenters. The number of nitrogens with zero attached hydrogens (tertiary/aromatic N) is 1. The summed E-state index contributed by atoms with van der Waals surface area (Å²) in [5.74, 6) is -1.89. The van der Waals surface area contributed by atoms with Crippen LogP contribution in [0.15, 0.2) is 48.5 Å². The zero-order valence-corrected chi connectivity index (χ0v) is 11.2. The van der Waals surface area contributed by atoms with Crippen LogP contribution in [-0.2, 0) is 13.1 Å². The third kappa shape index (κ3) is 3.42. The highest BCUT2D eigenvalue weighted by Gasteiger charge is 2.14. The lowest BCUT2D eigenvalue weighted by molar-refractivity contribution is 0.0691. The highest BCUT2D eigenvalue weighted by atomic mass is 19.1. The largest absolute Gasteiger partial charge is 0.478 e. The van der Waals surface area contributed by atoms with Crippen LogP contribution in [-0.4, -0.2) is 23.0 Å². The smallest absolute Gasteiger partial charge is 0.338 e. The lowest BCUT2D eigenvalue weighted by atomic mass is 10.1. The number of carbonyl (C=O) groups is 1. The summed E-state index contributed by atoms with van der Waals surface area (Å²) in [6, 6.07) is 14.3.